The summed E-state index contributed by atoms with van der Waals surface area (Å²) in [6.45, 7) is 0.0574. The number of para-hydroxylation sites is 1. The van der Waals surface area contributed by atoms with Crippen LogP contribution in [0.3, 0.4) is 0 Å². The van der Waals surface area contributed by atoms with Gasteiger partial charge in [0, 0.05) is 22.7 Å². The lowest BCUT2D eigenvalue weighted by molar-refractivity contribution is 0.100. The number of nitrogens with one attached hydrogen (secondary N) is 1. The molecule has 0 aliphatic rings. The number of nitrogens with two attached hydrogens (primary N) is 1. The number of aromatic amines is 1. The SMILES string of the molecule is Cl.NCC(=O)c1c[nH]c2ccccc12. The van der Waals surface area contributed by atoms with Gasteiger partial charge in [0.2, 0.25) is 0 Å². The summed E-state index contributed by atoms with van der Waals surface area (Å²) in [7, 11) is 0. The zero-order chi connectivity index (χ0) is 9.26. The quantitative estimate of drug-likeness (QED) is 0.742. The minimum atomic E-state index is -0.0301. The molecule has 0 aliphatic heterocycles. The Labute approximate surface area is 87.7 Å². The van der Waals surface area contributed by atoms with Crippen molar-refractivity contribution >= 4 is 29.1 Å². The first-order valence-electron chi connectivity index (χ1n) is 4.12. The first-order valence-corrected chi connectivity index (χ1v) is 4.12. The summed E-state index contributed by atoms with van der Waals surface area (Å²) in [6.07, 6.45) is 1.71. The fraction of sp³-hybridized carbons (Fsp3) is 0.100. The van der Waals surface area contributed by atoms with E-state index < -0.39 is 0 Å². The number of hydrogen-bond acceptors (Lipinski definition) is 2. The molecule has 1 aromatic carbocycles. The smallest absolute Gasteiger partial charge is 0.178 e. The maximum atomic E-state index is 11.3. The van der Waals surface area contributed by atoms with Crippen molar-refractivity contribution in [2.75, 3.05) is 6.54 Å². The van der Waals surface area contributed by atoms with Gasteiger partial charge in [-0.05, 0) is 6.07 Å². The molecule has 0 atom stereocenters. The van der Waals surface area contributed by atoms with Gasteiger partial charge < -0.3 is 10.7 Å². The van der Waals surface area contributed by atoms with Gasteiger partial charge in [0.05, 0.1) is 6.54 Å². The third kappa shape index (κ3) is 1.64. The molecule has 2 aromatic rings. The summed E-state index contributed by atoms with van der Waals surface area (Å²) in [4.78, 5) is 14.4. The molecule has 0 aliphatic carbocycles. The van der Waals surface area contributed by atoms with E-state index in [0.29, 0.717) is 5.56 Å². The molecule has 4 heteroatoms. The van der Waals surface area contributed by atoms with Crippen LogP contribution in [0, 0.1) is 0 Å². The van der Waals surface area contributed by atoms with E-state index in [-0.39, 0.29) is 24.7 Å². The van der Waals surface area contributed by atoms with Gasteiger partial charge >= 0.3 is 0 Å². The molecule has 2 rings (SSSR count). The van der Waals surface area contributed by atoms with Crippen LogP contribution in [0.1, 0.15) is 10.4 Å². The van der Waals surface area contributed by atoms with Crippen molar-refractivity contribution in [3.63, 3.8) is 0 Å². The molecule has 3 nitrogen and oxygen atoms in total. The van der Waals surface area contributed by atoms with Crippen LogP contribution in [-0.4, -0.2) is 17.3 Å². The zero-order valence-electron chi connectivity index (χ0n) is 7.49. The van der Waals surface area contributed by atoms with Crippen molar-refractivity contribution in [2.24, 2.45) is 5.73 Å². The number of H-pyrrole nitrogens is 1. The molecule has 0 amide bonds. The summed E-state index contributed by atoms with van der Waals surface area (Å²) in [5.41, 5.74) is 6.94. The lowest BCUT2D eigenvalue weighted by atomic mass is 10.1. The van der Waals surface area contributed by atoms with Gasteiger partial charge in [-0.1, -0.05) is 18.2 Å². The topological polar surface area (TPSA) is 58.9 Å². The molecule has 1 aromatic heterocycles. The average Bonchev–Trinajstić information content (AvgIpc) is 2.60. The summed E-state index contributed by atoms with van der Waals surface area (Å²) in [5, 5.41) is 0.943. The third-order valence-corrected chi connectivity index (χ3v) is 2.08. The number of ketones is 1. The van der Waals surface area contributed by atoms with Gasteiger partial charge in [-0.15, -0.1) is 12.4 Å². The van der Waals surface area contributed by atoms with E-state index >= 15 is 0 Å². The van der Waals surface area contributed by atoms with Gasteiger partial charge in [0.1, 0.15) is 0 Å². The largest absolute Gasteiger partial charge is 0.360 e. The van der Waals surface area contributed by atoms with E-state index in [1.165, 1.54) is 0 Å². The molecule has 74 valence electrons. The second kappa shape index (κ2) is 4.26. The number of rotatable bonds is 2. The normalized spacial score (nSPS) is 9.79. The van der Waals surface area contributed by atoms with Crippen molar-refractivity contribution in [2.45, 2.75) is 0 Å². The molecule has 0 spiro atoms. The predicted octanol–water partition coefficient (Wildman–Crippen LogP) is 1.73. The molecule has 3 N–H and O–H groups in total. The number of carbonyl (C=O) groups is 1. The Morgan fingerprint density at radius 3 is 2.79 bits per heavy atom. The van der Waals surface area contributed by atoms with Crippen LogP contribution in [-0.2, 0) is 0 Å². The summed E-state index contributed by atoms with van der Waals surface area (Å²) < 4.78 is 0. The van der Waals surface area contributed by atoms with Crippen LogP contribution in [0.25, 0.3) is 10.9 Å². The fourth-order valence-corrected chi connectivity index (χ4v) is 1.41. The lowest BCUT2D eigenvalue weighted by Gasteiger charge is -1.93. The van der Waals surface area contributed by atoms with Crippen molar-refractivity contribution in [3.05, 3.63) is 36.0 Å². The van der Waals surface area contributed by atoms with Crippen molar-refractivity contribution < 1.29 is 4.79 Å². The molecular weight excluding hydrogens is 200 g/mol. The van der Waals surface area contributed by atoms with Crippen LogP contribution >= 0.6 is 12.4 Å². The highest BCUT2D eigenvalue weighted by Crippen LogP contribution is 2.17. The number of benzene rings is 1. The van der Waals surface area contributed by atoms with E-state index in [1.54, 1.807) is 6.20 Å². The highest BCUT2D eigenvalue weighted by molar-refractivity contribution is 6.08. The number of hydrogen-bond donors (Lipinski definition) is 2. The van der Waals surface area contributed by atoms with Gasteiger partial charge in [-0.25, -0.2) is 0 Å². The van der Waals surface area contributed by atoms with Gasteiger partial charge in [-0.2, -0.15) is 0 Å². The fourth-order valence-electron chi connectivity index (χ4n) is 1.41. The molecule has 0 radical (unpaired) electrons. The van der Waals surface area contributed by atoms with Crippen LogP contribution in [0.15, 0.2) is 30.5 Å². The molecule has 14 heavy (non-hydrogen) atoms. The Kier molecular flexibility index (Phi) is 3.28. The Hall–Kier alpha value is -1.32. The number of fused-ring (bicyclic) bond motifs is 1. The van der Waals surface area contributed by atoms with Crippen molar-refractivity contribution in [3.8, 4) is 0 Å². The maximum Gasteiger partial charge on any atom is 0.178 e. The number of aromatic nitrogens is 1. The monoisotopic (exact) mass is 210 g/mol. The van der Waals surface area contributed by atoms with Crippen LogP contribution < -0.4 is 5.73 Å². The highest BCUT2D eigenvalue weighted by Gasteiger charge is 2.08. The molecule has 0 fully saturated rings. The second-order valence-corrected chi connectivity index (χ2v) is 2.88. The van der Waals surface area contributed by atoms with Crippen LogP contribution in [0.5, 0.6) is 0 Å². The van der Waals surface area contributed by atoms with Gasteiger partial charge in [-0.3, -0.25) is 4.79 Å². The van der Waals surface area contributed by atoms with Crippen LogP contribution in [0.2, 0.25) is 0 Å². The summed E-state index contributed by atoms with van der Waals surface area (Å²) in [6, 6.07) is 7.68. The molecule has 0 unspecified atom stereocenters. The third-order valence-electron chi connectivity index (χ3n) is 2.08. The molecule has 0 bridgehead atoms. The number of Topliss-reactive ketones (excluding diaryl/α,β-unsaturated/α-hetero) is 1. The van der Waals surface area contributed by atoms with E-state index in [2.05, 4.69) is 4.98 Å². The minimum absolute atomic E-state index is 0. The molecule has 1 heterocycles. The standard InChI is InChI=1S/C10H10N2O.ClH/c11-5-10(13)8-6-12-9-4-2-1-3-7(8)9;/h1-4,6,12H,5,11H2;1H. The summed E-state index contributed by atoms with van der Waals surface area (Å²) in [5.74, 6) is -0.0301. The average molecular weight is 211 g/mol. The number of carbonyl (C=O) groups excluding carboxylic acids is 1. The van der Waals surface area contributed by atoms with E-state index in [1.807, 2.05) is 24.3 Å². The molecule has 0 saturated carbocycles. The first-order chi connectivity index (χ1) is 6.33. The van der Waals surface area contributed by atoms with Gasteiger partial charge in [0.25, 0.3) is 0 Å². The second-order valence-electron chi connectivity index (χ2n) is 2.88. The van der Waals surface area contributed by atoms with Crippen LogP contribution in [0.4, 0.5) is 0 Å². The Bertz CT molecular complexity index is 450. The Morgan fingerprint density at radius 1 is 1.36 bits per heavy atom. The van der Waals surface area contributed by atoms with E-state index in [9.17, 15) is 4.79 Å². The molecular formula is C10H11ClN2O. The van der Waals surface area contributed by atoms with Crippen molar-refractivity contribution in [1.29, 1.82) is 0 Å². The van der Waals surface area contributed by atoms with E-state index in [0.717, 1.165) is 10.9 Å². The Morgan fingerprint density at radius 2 is 2.07 bits per heavy atom. The number of halogens is 1. The van der Waals surface area contributed by atoms with Gasteiger partial charge in [0.15, 0.2) is 5.78 Å². The Balaban J connectivity index is 0.000000980. The maximum absolute atomic E-state index is 11.3. The lowest BCUT2D eigenvalue weighted by Crippen LogP contribution is -2.12. The summed E-state index contributed by atoms with van der Waals surface area (Å²) >= 11 is 0. The van der Waals surface area contributed by atoms with E-state index in [4.69, 9.17) is 5.73 Å². The van der Waals surface area contributed by atoms with Crippen molar-refractivity contribution in [1.82, 2.24) is 4.98 Å². The zero-order valence-corrected chi connectivity index (χ0v) is 8.30. The first kappa shape index (κ1) is 10.8. The predicted molar refractivity (Wildman–Crippen MR) is 58.9 cm³/mol. The molecule has 0 saturated heterocycles. The minimum Gasteiger partial charge on any atom is -0.360 e. The highest BCUT2D eigenvalue weighted by atomic mass is 35.5.